The SMILES string of the molecule is CC(Sc1nnnn1-c1ccccc1)C(=O)Nc1ccc2c(c1)N1CCN=C1S2. The fourth-order valence-corrected chi connectivity index (χ4v) is 5.04. The normalized spacial score (nSPS) is 15.6. The van der Waals surface area contributed by atoms with Gasteiger partial charge in [-0.2, -0.15) is 4.68 Å². The van der Waals surface area contributed by atoms with Gasteiger partial charge in [-0.3, -0.25) is 9.79 Å². The lowest BCUT2D eigenvalue weighted by molar-refractivity contribution is -0.115. The molecule has 2 aliphatic heterocycles. The minimum absolute atomic E-state index is 0.0986. The van der Waals surface area contributed by atoms with E-state index in [0.29, 0.717) is 5.16 Å². The van der Waals surface area contributed by atoms with Crippen LogP contribution in [0.25, 0.3) is 5.69 Å². The number of hydrogen-bond acceptors (Lipinski definition) is 8. The van der Waals surface area contributed by atoms with Gasteiger partial charge in [-0.05, 0) is 59.4 Å². The Morgan fingerprint density at radius 1 is 1.24 bits per heavy atom. The molecule has 0 bridgehead atoms. The van der Waals surface area contributed by atoms with Gasteiger partial charge in [0, 0.05) is 17.1 Å². The van der Waals surface area contributed by atoms with Gasteiger partial charge in [-0.15, -0.1) is 5.10 Å². The Labute approximate surface area is 175 Å². The number of carbonyl (C=O) groups excluding carboxylic acids is 1. The largest absolute Gasteiger partial charge is 0.325 e. The summed E-state index contributed by atoms with van der Waals surface area (Å²) in [6, 6.07) is 15.6. The van der Waals surface area contributed by atoms with E-state index in [4.69, 9.17) is 0 Å². The maximum atomic E-state index is 12.8. The minimum atomic E-state index is -0.366. The Morgan fingerprint density at radius 3 is 2.97 bits per heavy atom. The van der Waals surface area contributed by atoms with Crippen LogP contribution in [0.3, 0.4) is 0 Å². The summed E-state index contributed by atoms with van der Waals surface area (Å²) in [6.45, 7) is 3.56. The van der Waals surface area contributed by atoms with Crippen LogP contribution in [-0.2, 0) is 4.79 Å². The minimum Gasteiger partial charge on any atom is -0.325 e. The molecule has 2 aromatic carbocycles. The number of nitrogens with one attached hydrogen (secondary N) is 1. The number of rotatable bonds is 5. The van der Waals surface area contributed by atoms with Crippen LogP contribution in [0.2, 0.25) is 0 Å². The number of aromatic nitrogens is 4. The van der Waals surface area contributed by atoms with E-state index in [1.807, 2.05) is 55.5 Å². The Hall–Kier alpha value is -2.85. The third-order valence-corrected chi connectivity index (χ3v) is 6.74. The number of anilines is 2. The molecule has 1 unspecified atom stereocenters. The molecule has 0 saturated heterocycles. The number of thioether (sulfide) groups is 2. The molecule has 1 amide bonds. The number of carbonyl (C=O) groups is 1. The number of amides is 1. The van der Waals surface area contributed by atoms with Crippen molar-refractivity contribution < 1.29 is 4.79 Å². The molecule has 2 aliphatic rings. The second kappa shape index (κ2) is 7.53. The van der Waals surface area contributed by atoms with E-state index in [0.717, 1.165) is 35.3 Å². The number of benzene rings is 2. The van der Waals surface area contributed by atoms with Crippen LogP contribution in [0.15, 0.2) is 63.6 Å². The Morgan fingerprint density at radius 2 is 2.10 bits per heavy atom. The van der Waals surface area contributed by atoms with Gasteiger partial charge in [-0.25, -0.2) is 0 Å². The summed E-state index contributed by atoms with van der Waals surface area (Å²) in [5, 5.41) is 16.1. The Balaban J connectivity index is 1.29. The van der Waals surface area contributed by atoms with Gasteiger partial charge in [0.05, 0.1) is 23.2 Å². The van der Waals surface area contributed by atoms with Crippen molar-refractivity contribution in [2.75, 3.05) is 23.3 Å². The number of aliphatic imine (C=N–C) groups is 1. The van der Waals surface area contributed by atoms with Gasteiger partial charge in [0.25, 0.3) is 0 Å². The molecule has 8 nitrogen and oxygen atoms in total. The zero-order chi connectivity index (χ0) is 19.8. The van der Waals surface area contributed by atoms with Crippen LogP contribution in [-0.4, -0.2) is 49.6 Å². The average molecular weight is 424 g/mol. The third-order valence-electron chi connectivity index (χ3n) is 4.61. The highest BCUT2D eigenvalue weighted by atomic mass is 32.2. The van der Waals surface area contributed by atoms with Gasteiger partial charge < -0.3 is 10.2 Å². The van der Waals surface area contributed by atoms with E-state index < -0.39 is 0 Å². The zero-order valence-electron chi connectivity index (χ0n) is 15.5. The number of tetrazole rings is 1. The summed E-state index contributed by atoms with van der Waals surface area (Å²) < 4.78 is 1.63. The Bertz CT molecular complexity index is 1100. The molecule has 10 heteroatoms. The summed E-state index contributed by atoms with van der Waals surface area (Å²) in [6.07, 6.45) is 0. The summed E-state index contributed by atoms with van der Waals surface area (Å²) in [5.41, 5.74) is 2.74. The average Bonchev–Trinajstić information content (AvgIpc) is 3.45. The lowest BCUT2D eigenvalue weighted by Gasteiger charge is -2.15. The van der Waals surface area contributed by atoms with Crippen molar-refractivity contribution in [3.05, 3.63) is 48.5 Å². The van der Waals surface area contributed by atoms with Gasteiger partial charge in [0.2, 0.25) is 11.1 Å². The summed E-state index contributed by atoms with van der Waals surface area (Å²) >= 11 is 3.00. The molecular formula is C19H17N7OS2. The number of amidine groups is 1. The summed E-state index contributed by atoms with van der Waals surface area (Å²) in [7, 11) is 0. The van der Waals surface area contributed by atoms with E-state index in [9.17, 15) is 4.79 Å². The number of para-hydroxylation sites is 1. The highest BCUT2D eigenvalue weighted by molar-refractivity contribution is 8.14. The molecule has 1 aromatic heterocycles. The highest BCUT2D eigenvalue weighted by Crippen LogP contribution is 2.43. The van der Waals surface area contributed by atoms with Crippen LogP contribution >= 0.6 is 23.5 Å². The smallest absolute Gasteiger partial charge is 0.237 e. The van der Waals surface area contributed by atoms with Crippen molar-refractivity contribution in [1.82, 2.24) is 20.2 Å². The maximum Gasteiger partial charge on any atom is 0.237 e. The molecule has 0 spiro atoms. The second-order valence-corrected chi connectivity index (χ2v) is 8.88. The lowest BCUT2D eigenvalue weighted by atomic mass is 10.2. The van der Waals surface area contributed by atoms with Crippen LogP contribution < -0.4 is 10.2 Å². The lowest BCUT2D eigenvalue weighted by Crippen LogP contribution is -2.23. The molecule has 0 fully saturated rings. The van der Waals surface area contributed by atoms with Crippen molar-refractivity contribution in [1.29, 1.82) is 0 Å². The van der Waals surface area contributed by atoms with E-state index in [2.05, 4.69) is 30.7 Å². The molecule has 1 N–H and O–H groups in total. The number of fused-ring (bicyclic) bond motifs is 3. The third kappa shape index (κ3) is 3.49. The molecule has 0 radical (unpaired) electrons. The van der Waals surface area contributed by atoms with Gasteiger partial charge in [-0.1, -0.05) is 30.0 Å². The van der Waals surface area contributed by atoms with E-state index in [1.54, 1.807) is 16.4 Å². The predicted molar refractivity (Wildman–Crippen MR) is 115 cm³/mol. The van der Waals surface area contributed by atoms with Crippen LogP contribution in [0.1, 0.15) is 6.92 Å². The van der Waals surface area contributed by atoms with Crippen LogP contribution in [0, 0.1) is 0 Å². The van der Waals surface area contributed by atoms with Crippen molar-refractivity contribution in [3.8, 4) is 5.69 Å². The first kappa shape index (κ1) is 18.2. The topological polar surface area (TPSA) is 88.3 Å². The standard InChI is InChI=1S/C19H17N7OS2/c1-12(28-19-22-23-24-26(19)14-5-3-2-4-6-14)17(27)21-13-7-8-16-15(11-13)25-10-9-20-18(25)29-16/h2-8,11-12H,9-10H2,1H3,(H,21,27). The molecule has 3 aromatic rings. The maximum absolute atomic E-state index is 12.8. The van der Waals surface area contributed by atoms with E-state index >= 15 is 0 Å². The zero-order valence-corrected chi connectivity index (χ0v) is 17.2. The van der Waals surface area contributed by atoms with Gasteiger partial charge in [0.15, 0.2) is 5.17 Å². The van der Waals surface area contributed by atoms with Crippen LogP contribution in [0.5, 0.6) is 0 Å². The number of hydrogen-bond donors (Lipinski definition) is 1. The summed E-state index contributed by atoms with van der Waals surface area (Å²) in [5.74, 6) is -0.0986. The van der Waals surface area contributed by atoms with Crippen molar-refractivity contribution in [2.45, 2.75) is 22.2 Å². The van der Waals surface area contributed by atoms with Gasteiger partial charge in [0.1, 0.15) is 0 Å². The molecule has 0 saturated carbocycles. The van der Waals surface area contributed by atoms with Crippen molar-refractivity contribution in [2.24, 2.45) is 4.99 Å². The fraction of sp³-hybridized carbons (Fsp3) is 0.211. The number of nitrogens with zero attached hydrogens (tertiary/aromatic N) is 6. The first-order valence-corrected chi connectivity index (χ1v) is 10.8. The van der Waals surface area contributed by atoms with Crippen LogP contribution in [0.4, 0.5) is 11.4 Å². The second-order valence-electron chi connectivity index (χ2n) is 6.56. The highest BCUT2D eigenvalue weighted by Gasteiger charge is 2.30. The molecule has 5 rings (SSSR count). The fourth-order valence-electron chi connectivity index (χ4n) is 3.17. The molecule has 29 heavy (non-hydrogen) atoms. The monoisotopic (exact) mass is 423 g/mol. The first-order chi connectivity index (χ1) is 14.2. The van der Waals surface area contributed by atoms with Crippen molar-refractivity contribution in [3.63, 3.8) is 0 Å². The van der Waals surface area contributed by atoms with E-state index in [-0.39, 0.29) is 11.2 Å². The van der Waals surface area contributed by atoms with Crippen molar-refractivity contribution >= 4 is 46.0 Å². The summed E-state index contributed by atoms with van der Waals surface area (Å²) in [4.78, 5) is 20.6. The Kier molecular flexibility index (Phi) is 4.72. The molecular weight excluding hydrogens is 406 g/mol. The predicted octanol–water partition coefficient (Wildman–Crippen LogP) is 3.06. The molecule has 146 valence electrons. The molecule has 0 aliphatic carbocycles. The quantitative estimate of drug-likeness (QED) is 0.631. The van der Waals surface area contributed by atoms with Gasteiger partial charge >= 0.3 is 0 Å². The molecule has 1 atom stereocenters. The molecule has 3 heterocycles. The first-order valence-electron chi connectivity index (χ1n) is 9.14. The van der Waals surface area contributed by atoms with E-state index in [1.165, 1.54) is 16.7 Å².